The van der Waals surface area contributed by atoms with E-state index in [9.17, 15) is 18.0 Å². The maximum atomic E-state index is 12.7. The molecule has 0 atom stereocenters. The molecule has 0 radical (unpaired) electrons. The first kappa shape index (κ1) is 15.2. The third-order valence-corrected chi connectivity index (χ3v) is 2.91. The molecule has 0 aliphatic rings. The first-order valence-corrected chi connectivity index (χ1v) is 6.03. The number of carbonyl (C=O) groups is 1. The van der Waals surface area contributed by atoms with Crippen LogP contribution in [-0.2, 0) is 24.4 Å². The molecule has 0 saturated carbocycles. The molecule has 2 aromatic rings. The number of nitrogens with zero attached hydrogens (tertiary/aromatic N) is 4. The van der Waals surface area contributed by atoms with Gasteiger partial charge in [0.25, 0.3) is 0 Å². The Morgan fingerprint density at radius 2 is 2.14 bits per heavy atom. The summed E-state index contributed by atoms with van der Waals surface area (Å²) in [6.07, 6.45) is -4.75. The average molecular weight is 320 g/mol. The van der Waals surface area contributed by atoms with Crippen LogP contribution in [0.2, 0.25) is 5.02 Å². The topological polar surface area (TPSA) is 72.7 Å². The summed E-state index contributed by atoms with van der Waals surface area (Å²) in [6, 6.07) is 3.13. The zero-order valence-corrected chi connectivity index (χ0v) is 11.4. The van der Waals surface area contributed by atoms with Gasteiger partial charge in [0.05, 0.1) is 17.0 Å². The van der Waals surface area contributed by atoms with Crippen molar-refractivity contribution in [2.45, 2.75) is 12.6 Å². The zero-order valence-electron chi connectivity index (χ0n) is 10.6. The van der Waals surface area contributed by atoms with Gasteiger partial charge in [0, 0.05) is 12.7 Å². The van der Waals surface area contributed by atoms with E-state index in [4.69, 9.17) is 11.6 Å². The number of hydrogen-bond donors (Lipinski definition) is 1. The van der Waals surface area contributed by atoms with Gasteiger partial charge in [-0.25, -0.2) is 4.68 Å². The van der Waals surface area contributed by atoms with Gasteiger partial charge in [-0.3, -0.25) is 4.79 Å². The third kappa shape index (κ3) is 3.69. The maximum absolute atomic E-state index is 12.7. The van der Waals surface area contributed by atoms with Crippen LogP contribution >= 0.6 is 11.6 Å². The number of benzene rings is 1. The molecule has 6 nitrogen and oxygen atoms in total. The van der Waals surface area contributed by atoms with Gasteiger partial charge >= 0.3 is 6.18 Å². The molecular weight excluding hydrogens is 311 g/mol. The fourth-order valence-corrected chi connectivity index (χ4v) is 1.79. The molecule has 1 heterocycles. The van der Waals surface area contributed by atoms with E-state index in [2.05, 4.69) is 20.8 Å². The summed E-state index contributed by atoms with van der Waals surface area (Å²) in [5.74, 6) is -0.249. The molecule has 0 bridgehead atoms. The zero-order chi connectivity index (χ0) is 15.6. The van der Waals surface area contributed by atoms with E-state index in [1.165, 1.54) is 10.7 Å². The Balaban J connectivity index is 2.13. The van der Waals surface area contributed by atoms with Crippen molar-refractivity contribution in [1.82, 2.24) is 20.2 Å². The first-order valence-electron chi connectivity index (χ1n) is 5.65. The Hall–Kier alpha value is -2.16. The molecule has 1 aromatic carbocycles. The van der Waals surface area contributed by atoms with E-state index in [0.717, 1.165) is 12.1 Å². The van der Waals surface area contributed by atoms with Gasteiger partial charge in [-0.1, -0.05) is 11.6 Å². The number of rotatable bonds is 3. The summed E-state index contributed by atoms with van der Waals surface area (Å²) < 4.78 is 39.4. The van der Waals surface area contributed by atoms with Crippen LogP contribution in [0.5, 0.6) is 0 Å². The van der Waals surface area contributed by atoms with Crippen molar-refractivity contribution in [2.24, 2.45) is 7.05 Å². The number of aryl methyl sites for hydroxylation is 1. The van der Waals surface area contributed by atoms with E-state index in [0.29, 0.717) is 0 Å². The smallest absolute Gasteiger partial charge is 0.326 e. The van der Waals surface area contributed by atoms with Crippen molar-refractivity contribution in [3.05, 3.63) is 34.6 Å². The van der Waals surface area contributed by atoms with Gasteiger partial charge in [-0.2, -0.15) is 13.2 Å². The number of alkyl halides is 3. The van der Waals surface area contributed by atoms with E-state index in [-0.39, 0.29) is 17.9 Å². The summed E-state index contributed by atoms with van der Waals surface area (Å²) in [7, 11) is 1.55. The molecule has 0 saturated heterocycles. The summed E-state index contributed by atoms with van der Waals surface area (Å²) in [6.45, 7) is 0. The summed E-state index contributed by atoms with van der Waals surface area (Å²) in [5, 5.41) is 12.4. The van der Waals surface area contributed by atoms with Gasteiger partial charge in [0.1, 0.15) is 0 Å². The Bertz CT molecular complexity index is 670. The normalized spacial score (nSPS) is 11.5. The minimum absolute atomic E-state index is 0.00754. The van der Waals surface area contributed by atoms with E-state index in [1.54, 1.807) is 7.05 Å². The van der Waals surface area contributed by atoms with E-state index in [1.807, 2.05) is 0 Å². The summed E-state index contributed by atoms with van der Waals surface area (Å²) in [5.41, 5.74) is -1.02. The van der Waals surface area contributed by atoms with Crippen LogP contribution in [0.4, 0.5) is 18.9 Å². The summed E-state index contributed by atoms with van der Waals surface area (Å²) in [4.78, 5) is 11.7. The van der Waals surface area contributed by atoms with Crippen molar-refractivity contribution in [1.29, 1.82) is 0 Å². The molecule has 10 heteroatoms. The lowest BCUT2D eigenvalue weighted by Crippen LogP contribution is -2.17. The maximum Gasteiger partial charge on any atom is 0.417 e. The molecule has 0 unspecified atom stereocenters. The Morgan fingerprint density at radius 3 is 2.71 bits per heavy atom. The fourth-order valence-electron chi connectivity index (χ4n) is 1.57. The number of hydrogen-bond acceptors (Lipinski definition) is 4. The highest BCUT2D eigenvalue weighted by Crippen LogP contribution is 2.36. The van der Waals surface area contributed by atoms with Crippen LogP contribution in [0.15, 0.2) is 18.2 Å². The summed E-state index contributed by atoms with van der Waals surface area (Å²) >= 11 is 5.49. The fraction of sp³-hybridized carbons (Fsp3) is 0.273. The number of halogens is 4. The molecule has 112 valence electrons. The monoisotopic (exact) mass is 319 g/mol. The van der Waals surface area contributed by atoms with Crippen molar-refractivity contribution in [3.63, 3.8) is 0 Å². The molecule has 0 aliphatic heterocycles. The predicted octanol–water partition coefficient (Wildman–Crippen LogP) is 2.06. The molecule has 1 aromatic heterocycles. The van der Waals surface area contributed by atoms with Crippen molar-refractivity contribution < 1.29 is 18.0 Å². The van der Waals surface area contributed by atoms with Crippen molar-refractivity contribution in [3.8, 4) is 0 Å². The highest BCUT2D eigenvalue weighted by Gasteiger charge is 2.33. The quantitative estimate of drug-likeness (QED) is 0.940. The largest absolute Gasteiger partial charge is 0.417 e. The van der Waals surface area contributed by atoms with Crippen LogP contribution in [0.25, 0.3) is 0 Å². The number of nitrogens with one attached hydrogen (secondary N) is 1. The second-order valence-corrected chi connectivity index (χ2v) is 4.54. The Labute approximate surface area is 121 Å². The second-order valence-electron chi connectivity index (χ2n) is 4.14. The van der Waals surface area contributed by atoms with Crippen LogP contribution in [-0.4, -0.2) is 26.1 Å². The van der Waals surface area contributed by atoms with Gasteiger partial charge in [0.15, 0.2) is 5.82 Å². The second kappa shape index (κ2) is 5.68. The number of aromatic nitrogens is 4. The molecule has 1 amide bonds. The van der Waals surface area contributed by atoms with E-state index >= 15 is 0 Å². The Morgan fingerprint density at radius 1 is 1.43 bits per heavy atom. The Kier molecular flexibility index (Phi) is 4.12. The lowest BCUT2D eigenvalue weighted by molar-refractivity contribution is -0.137. The van der Waals surface area contributed by atoms with E-state index < -0.39 is 22.7 Å². The van der Waals surface area contributed by atoms with Crippen molar-refractivity contribution in [2.75, 3.05) is 5.32 Å². The molecule has 0 aliphatic carbocycles. The van der Waals surface area contributed by atoms with Crippen LogP contribution in [0.3, 0.4) is 0 Å². The minimum Gasteiger partial charge on any atom is -0.326 e. The molecular formula is C11H9ClF3N5O. The molecule has 2 rings (SSSR count). The lowest BCUT2D eigenvalue weighted by atomic mass is 10.2. The first-order chi connectivity index (χ1) is 9.77. The molecule has 1 N–H and O–H groups in total. The van der Waals surface area contributed by atoms with Crippen LogP contribution in [0.1, 0.15) is 11.4 Å². The number of amides is 1. The van der Waals surface area contributed by atoms with Gasteiger partial charge in [-0.05, 0) is 28.6 Å². The van der Waals surface area contributed by atoms with Gasteiger partial charge in [0.2, 0.25) is 5.91 Å². The third-order valence-electron chi connectivity index (χ3n) is 2.58. The number of tetrazole rings is 1. The standard InChI is InChI=1S/C11H9ClF3N5O/c1-20-9(17-18-19-20)5-10(21)16-6-2-3-8(12)7(4-6)11(13,14)15/h2-4H,5H2,1H3,(H,16,21). The van der Waals surface area contributed by atoms with Gasteiger partial charge in [-0.15, -0.1) is 5.10 Å². The average Bonchev–Trinajstić information content (AvgIpc) is 2.76. The minimum atomic E-state index is -4.59. The highest BCUT2D eigenvalue weighted by molar-refractivity contribution is 6.31. The highest BCUT2D eigenvalue weighted by atomic mass is 35.5. The van der Waals surface area contributed by atoms with Gasteiger partial charge < -0.3 is 5.32 Å². The SMILES string of the molecule is Cn1nnnc1CC(=O)Nc1ccc(Cl)c(C(F)(F)F)c1. The van der Waals surface area contributed by atoms with Crippen molar-refractivity contribution >= 4 is 23.2 Å². The predicted molar refractivity (Wildman–Crippen MR) is 67.6 cm³/mol. The lowest BCUT2D eigenvalue weighted by Gasteiger charge is -2.11. The van der Waals surface area contributed by atoms with Crippen LogP contribution < -0.4 is 5.32 Å². The van der Waals surface area contributed by atoms with Crippen LogP contribution in [0, 0.1) is 0 Å². The number of anilines is 1. The molecule has 0 spiro atoms. The number of carbonyl (C=O) groups excluding carboxylic acids is 1. The molecule has 21 heavy (non-hydrogen) atoms. The molecule has 0 fully saturated rings.